The van der Waals surface area contributed by atoms with Gasteiger partial charge in [0.05, 0.1) is 0 Å². The second-order valence-corrected chi connectivity index (χ2v) is 11.2. The highest BCUT2D eigenvalue weighted by atomic mass is 16.3. The second-order valence-electron chi connectivity index (χ2n) is 11.2. The van der Waals surface area contributed by atoms with E-state index >= 15 is 0 Å². The standard InChI is InChI=1S/C38H27NO.C3H6/c1-23-11-13-25(27-15-17-36-33(21-27)29-7-3-5-9-35(29)39-36)19-31(23)32-20-26(14-12-24(32)2)28-16-18-38-34(22-28)30-8-4-6-10-37(30)40-38;1-3-2/h3-22,39H,1-2H3;3H,1H2,2H3. The van der Waals surface area contributed by atoms with E-state index < -0.39 is 0 Å². The van der Waals surface area contributed by atoms with Crippen molar-refractivity contribution in [2.45, 2.75) is 20.8 Å². The molecule has 0 amide bonds. The maximum atomic E-state index is 6.07. The van der Waals surface area contributed by atoms with Gasteiger partial charge in [-0.05, 0) is 114 Å². The lowest BCUT2D eigenvalue weighted by molar-refractivity contribution is 0.669. The first-order valence-corrected chi connectivity index (χ1v) is 14.8. The minimum atomic E-state index is 0.924. The number of hydrogen-bond acceptors (Lipinski definition) is 1. The van der Waals surface area contributed by atoms with Gasteiger partial charge in [-0.25, -0.2) is 0 Å². The van der Waals surface area contributed by atoms with E-state index in [1.165, 1.54) is 66.3 Å². The van der Waals surface area contributed by atoms with Crippen LogP contribution in [0, 0.1) is 13.8 Å². The van der Waals surface area contributed by atoms with Crippen LogP contribution in [-0.2, 0) is 0 Å². The third-order valence-electron chi connectivity index (χ3n) is 8.31. The molecular weight excluding hydrogens is 522 g/mol. The molecule has 6 aromatic carbocycles. The van der Waals surface area contributed by atoms with Gasteiger partial charge in [0.15, 0.2) is 0 Å². The van der Waals surface area contributed by atoms with E-state index in [-0.39, 0.29) is 0 Å². The smallest absolute Gasteiger partial charge is 0.135 e. The highest BCUT2D eigenvalue weighted by molar-refractivity contribution is 6.09. The summed E-state index contributed by atoms with van der Waals surface area (Å²) in [5.74, 6) is 0. The van der Waals surface area contributed by atoms with Crippen molar-refractivity contribution in [2.24, 2.45) is 0 Å². The number of aromatic nitrogens is 1. The van der Waals surface area contributed by atoms with Crippen LogP contribution < -0.4 is 0 Å². The Morgan fingerprint density at radius 2 is 1.00 bits per heavy atom. The summed E-state index contributed by atoms with van der Waals surface area (Å²) in [7, 11) is 0. The highest BCUT2D eigenvalue weighted by Crippen LogP contribution is 2.37. The summed E-state index contributed by atoms with van der Waals surface area (Å²) in [6.45, 7) is 9.66. The molecule has 2 nitrogen and oxygen atoms in total. The zero-order valence-corrected chi connectivity index (χ0v) is 24.7. The second kappa shape index (κ2) is 10.8. The van der Waals surface area contributed by atoms with E-state index in [0.29, 0.717) is 0 Å². The Kier molecular flexibility index (Phi) is 6.68. The molecule has 0 aliphatic carbocycles. The van der Waals surface area contributed by atoms with Crippen molar-refractivity contribution in [3.05, 3.63) is 145 Å². The Balaban J connectivity index is 0.000000963. The average molecular weight is 556 g/mol. The minimum Gasteiger partial charge on any atom is -0.456 e. The molecule has 43 heavy (non-hydrogen) atoms. The van der Waals surface area contributed by atoms with Crippen LogP contribution in [0.5, 0.6) is 0 Å². The predicted octanol–water partition coefficient (Wildman–Crippen LogP) is 12.0. The molecule has 0 saturated carbocycles. The van der Waals surface area contributed by atoms with Crippen molar-refractivity contribution in [3.63, 3.8) is 0 Å². The fourth-order valence-corrected chi connectivity index (χ4v) is 6.12. The van der Waals surface area contributed by atoms with E-state index in [1.54, 1.807) is 6.08 Å². The van der Waals surface area contributed by atoms with Crippen LogP contribution in [0.4, 0.5) is 0 Å². The van der Waals surface area contributed by atoms with E-state index in [9.17, 15) is 0 Å². The molecule has 0 saturated heterocycles. The van der Waals surface area contributed by atoms with Crippen molar-refractivity contribution in [2.75, 3.05) is 0 Å². The maximum absolute atomic E-state index is 6.07. The van der Waals surface area contributed by atoms with Crippen molar-refractivity contribution in [1.29, 1.82) is 0 Å². The van der Waals surface area contributed by atoms with Crippen LogP contribution in [0.3, 0.4) is 0 Å². The summed E-state index contributed by atoms with van der Waals surface area (Å²) in [6.07, 6.45) is 1.75. The SMILES string of the molecule is C=CC.Cc1ccc(-c2ccc3[nH]c4ccccc4c3c2)cc1-c1cc(-c2ccc3oc4ccccc4c3c2)ccc1C. The largest absolute Gasteiger partial charge is 0.456 e. The van der Waals surface area contributed by atoms with Gasteiger partial charge < -0.3 is 9.40 Å². The molecule has 0 unspecified atom stereocenters. The molecule has 2 heterocycles. The summed E-state index contributed by atoms with van der Waals surface area (Å²) < 4.78 is 6.07. The van der Waals surface area contributed by atoms with Gasteiger partial charge >= 0.3 is 0 Å². The number of rotatable bonds is 3. The number of aryl methyl sites for hydroxylation is 2. The lowest BCUT2D eigenvalue weighted by atomic mass is 9.90. The van der Waals surface area contributed by atoms with Gasteiger partial charge in [0, 0.05) is 32.6 Å². The first-order valence-electron chi connectivity index (χ1n) is 14.8. The monoisotopic (exact) mass is 555 g/mol. The van der Waals surface area contributed by atoms with Gasteiger partial charge in [0.25, 0.3) is 0 Å². The Labute approximate surface area is 251 Å². The molecule has 2 heteroatoms. The molecule has 8 rings (SSSR count). The number of hydrogen-bond donors (Lipinski definition) is 1. The Bertz CT molecular complexity index is 2130. The lowest BCUT2D eigenvalue weighted by Gasteiger charge is -2.14. The van der Waals surface area contributed by atoms with Crippen LogP contribution in [0.15, 0.2) is 138 Å². The molecule has 0 fully saturated rings. The summed E-state index contributed by atoms with van der Waals surface area (Å²) in [5.41, 5.74) is 14.1. The summed E-state index contributed by atoms with van der Waals surface area (Å²) in [5, 5.41) is 4.83. The molecule has 0 radical (unpaired) electrons. The Morgan fingerprint density at radius 1 is 0.512 bits per heavy atom. The average Bonchev–Trinajstić information content (AvgIpc) is 3.60. The maximum Gasteiger partial charge on any atom is 0.135 e. The number of para-hydroxylation sites is 2. The fraction of sp³-hybridized carbons (Fsp3) is 0.0732. The molecule has 208 valence electrons. The number of nitrogens with one attached hydrogen (secondary N) is 1. The minimum absolute atomic E-state index is 0.924. The number of fused-ring (bicyclic) bond motifs is 6. The molecule has 0 atom stereocenters. The first kappa shape index (κ1) is 26.6. The Hall–Kier alpha value is -5.34. The van der Waals surface area contributed by atoms with E-state index in [0.717, 1.165) is 21.9 Å². The summed E-state index contributed by atoms with van der Waals surface area (Å²) in [4.78, 5) is 3.55. The quantitative estimate of drug-likeness (QED) is 0.216. The fourth-order valence-electron chi connectivity index (χ4n) is 6.12. The van der Waals surface area contributed by atoms with Gasteiger partial charge in [-0.3, -0.25) is 0 Å². The molecule has 0 bridgehead atoms. The summed E-state index contributed by atoms with van der Waals surface area (Å²) >= 11 is 0. The molecule has 0 aliphatic heterocycles. The van der Waals surface area contributed by atoms with Gasteiger partial charge in [-0.1, -0.05) is 78.9 Å². The highest BCUT2D eigenvalue weighted by Gasteiger charge is 2.13. The van der Waals surface area contributed by atoms with Gasteiger partial charge in [0.2, 0.25) is 0 Å². The number of benzene rings is 6. The van der Waals surface area contributed by atoms with Crippen LogP contribution >= 0.6 is 0 Å². The summed E-state index contributed by atoms with van der Waals surface area (Å²) in [6, 6.07) is 43.7. The zero-order valence-electron chi connectivity index (χ0n) is 24.7. The molecule has 0 spiro atoms. The molecule has 0 aliphatic rings. The number of allylic oxidation sites excluding steroid dienone is 1. The van der Waals surface area contributed by atoms with Crippen molar-refractivity contribution in [3.8, 4) is 33.4 Å². The van der Waals surface area contributed by atoms with E-state index in [2.05, 4.69) is 135 Å². The predicted molar refractivity (Wildman–Crippen MR) is 185 cm³/mol. The van der Waals surface area contributed by atoms with Crippen molar-refractivity contribution in [1.82, 2.24) is 4.98 Å². The molecule has 2 aromatic heterocycles. The zero-order chi connectivity index (χ0) is 29.5. The third kappa shape index (κ3) is 4.71. The first-order chi connectivity index (χ1) is 21.0. The van der Waals surface area contributed by atoms with Crippen LogP contribution in [0.1, 0.15) is 18.1 Å². The molecule has 1 N–H and O–H groups in total. The van der Waals surface area contributed by atoms with Gasteiger partial charge in [0.1, 0.15) is 11.2 Å². The van der Waals surface area contributed by atoms with Crippen LogP contribution in [-0.4, -0.2) is 4.98 Å². The van der Waals surface area contributed by atoms with E-state index in [1.807, 2.05) is 19.1 Å². The van der Waals surface area contributed by atoms with Gasteiger partial charge in [-0.2, -0.15) is 0 Å². The number of furan rings is 1. The molecular formula is C41H33NO. The normalized spacial score (nSPS) is 11.2. The molecule has 8 aromatic rings. The van der Waals surface area contributed by atoms with Crippen LogP contribution in [0.25, 0.3) is 77.1 Å². The van der Waals surface area contributed by atoms with Gasteiger partial charge in [-0.15, -0.1) is 6.58 Å². The van der Waals surface area contributed by atoms with Crippen molar-refractivity contribution >= 4 is 43.7 Å². The van der Waals surface area contributed by atoms with Crippen LogP contribution in [0.2, 0.25) is 0 Å². The number of H-pyrrole nitrogens is 1. The third-order valence-corrected chi connectivity index (χ3v) is 8.31. The lowest BCUT2D eigenvalue weighted by Crippen LogP contribution is -1.90. The van der Waals surface area contributed by atoms with E-state index in [4.69, 9.17) is 4.42 Å². The Morgan fingerprint density at radius 3 is 1.70 bits per heavy atom. The van der Waals surface area contributed by atoms with Crippen molar-refractivity contribution < 1.29 is 4.42 Å². The number of aromatic amines is 1. The topological polar surface area (TPSA) is 28.9 Å².